The van der Waals surface area contributed by atoms with Gasteiger partial charge in [0, 0.05) is 0 Å². The van der Waals surface area contributed by atoms with Gasteiger partial charge < -0.3 is 11.5 Å². The van der Waals surface area contributed by atoms with E-state index in [1.54, 1.807) is 0 Å². The summed E-state index contributed by atoms with van der Waals surface area (Å²) in [5.74, 6) is 0.397. The zero-order valence-corrected chi connectivity index (χ0v) is 7.93. The van der Waals surface area contributed by atoms with E-state index in [-0.39, 0.29) is 11.8 Å². The molecule has 0 amide bonds. The molecule has 0 aliphatic carbocycles. The SMILES string of the molecule is Nc1nc(N)c2c(nnn2I)n1. The van der Waals surface area contributed by atoms with Crippen molar-refractivity contribution in [3.05, 3.63) is 0 Å². The molecule has 0 fully saturated rings. The van der Waals surface area contributed by atoms with E-state index < -0.39 is 0 Å². The summed E-state index contributed by atoms with van der Waals surface area (Å²) in [5.41, 5.74) is 11.9. The van der Waals surface area contributed by atoms with E-state index in [2.05, 4.69) is 20.3 Å². The second-order valence-electron chi connectivity index (χ2n) is 2.09. The second kappa shape index (κ2) is 2.40. The number of rotatable bonds is 0. The molecule has 0 aliphatic rings. The Labute approximate surface area is 80.6 Å². The Balaban J connectivity index is 2.93. The summed E-state index contributed by atoms with van der Waals surface area (Å²) in [7, 11) is 0. The fourth-order valence-corrected chi connectivity index (χ4v) is 1.41. The highest BCUT2D eigenvalue weighted by Gasteiger charge is 2.09. The molecule has 0 aromatic carbocycles. The van der Waals surface area contributed by atoms with E-state index >= 15 is 0 Å². The van der Waals surface area contributed by atoms with Crippen molar-refractivity contribution in [1.29, 1.82) is 0 Å². The second-order valence-corrected chi connectivity index (χ2v) is 3.00. The Kier molecular flexibility index (Phi) is 1.49. The van der Waals surface area contributed by atoms with Gasteiger partial charge in [-0.15, -0.1) is 5.10 Å². The molecule has 0 atom stereocenters. The summed E-state index contributed by atoms with van der Waals surface area (Å²) in [6.45, 7) is 0. The van der Waals surface area contributed by atoms with Crippen molar-refractivity contribution in [3.63, 3.8) is 0 Å². The summed E-state index contributed by atoms with van der Waals surface area (Å²) < 4.78 is 1.47. The number of hydrogen-bond acceptors (Lipinski definition) is 6. The molecule has 0 unspecified atom stereocenters. The molecular formula is C4H4IN7. The molecule has 2 rings (SSSR count). The van der Waals surface area contributed by atoms with Crippen molar-refractivity contribution < 1.29 is 0 Å². The van der Waals surface area contributed by atoms with Gasteiger partial charge in [-0.25, -0.2) is 0 Å². The lowest BCUT2D eigenvalue weighted by molar-refractivity contribution is 0.935. The van der Waals surface area contributed by atoms with E-state index in [0.29, 0.717) is 11.2 Å². The Morgan fingerprint density at radius 2 is 2.00 bits per heavy atom. The summed E-state index contributed by atoms with van der Waals surface area (Å²) in [6, 6.07) is 0. The van der Waals surface area contributed by atoms with Crippen molar-refractivity contribution >= 4 is 45.8 Å². The van der Waals surface area contributed by atoms with Crippen LogP contribution >= 0.6 is 22.9 Å². The van der Waals surface area contributed by atoms with Crippen molar-refractivity contribution in [2.24, 2.45) is 0 Å². The molecule has 62 valence electrons. The first-order valence-electron chi connectivity index (χ1n) is 2.99. The van der Waals surface area contributed by atoms with Gasteiger partial charge in [0.25, 0.3) is 0 Å². The first kappa shape index (κ1) is 7.46. The molecule has 0 saturated carbocycles. The number of aromatic nitrogens is 5. The van der Waals surface area contributed by atoms with Crippen LogP contribution in [0.5, 0.6) is 0 Å². The summed E-state index contributed by atoms with van der Waals surface area (Å²) in [5, 5.41) is 7.45. The smallest absolute Gasteiger partial charge is 0.224 e. The van der Waals surface area contributed by atoms with Gasteiger partial charge >= 0.3 is 0 Å². The van der Waals surface area contributed by atoms with Crippen molar-refractivity contribution in [2.45, 2.75) is 0 Å². The van der Waals surface area contributed by atoms with Gasteiger partial charge in [0.15, 0.2) is 11.3 Å². The molecule has 0 aliphatic heterocycles. The van der Waals surface area contributed by atoms with E-state index in [0.717, 1.165) is 0 Å². The fraction of sp³-hybridized carbons (Fsp3) is 0. The molecule has 0 radical (unpaired) electrons. The van der Waals surface area contributed by atoms with E-state index in [1.165, 1.54) is 2.90 Å². The first-order valence-corrected chi connectivity index (χ1v) is 3.95. The molecule has 0 bridgehead atoms. The lowest BCUT2D eigenvalue weighted by Crippen LogP contribution is -2.00. The summed E-state index contributed by atoms with van der Waals surface area (Å²) >= 11 is 1.93. The minimum absolute atomic E-state index is 0.108. The molecule has 2 aromatic heterocycles. The Hall–Kier alpha value is -1.19. The third kappa shape index (κ3) is 0.948. The number of anilines is 2. The third-order valence-electron chi connectivity index (χ3n) is 1.31. The third-order valence-corrected chi connectivity index (χ3v) is 1.99. The molecule has 7 nitrogen and oxygen atoms in total. The van der Waals surface area contributed by atoms with Crippen molar-refractivity contribution in [2.75, 3.05) is 11.5 Å². The average molecular weight is 277 g/mol. The van der Waals surface area contributed by atoms with Crippen LogP contribution in [-0.2, 0) is 0 Å². The van der Waals surface area contributed by atoms with Crippen molar-refractivity contribution in [3.8, 4) is 0 Å². The van der Waals surface area contributed by atoms with E-state index in [4.69, 9.17) is 11.5 Å². The van der Waals surface area contributed by atoms with E-state index in [9.17, 15) is 0 Å². The number of hydrogen-bond donors (Lipinski definition) is 2. The summed E-state index contributed by atoms with van der Waals surface area (Å²) in [6.07, 6.45) is 0. The van der Waals surface area contributed by atoms with Crippen LogP contribution in [0.15, 0.2) is 0 Å². The highest BCUT2D eigenvalue weighted by atomic mass is 127. The molecule has 0 spiro atoms. The molecule has 2 aromatic rings. The Morgan fingerprint density at radius 1 is 1.25 bits per heavy atom. The van der Waals surface area contributed by atoms with Gasteiger partial charge in [0.05, 0.1) is 22.9 Å². The topological polar surface area (TPSA) is 109 Å². The maximum absolute atomic E-state index is 5.57. The average Bonchev–Trinajstić information content (AvgIpc) is 2.31. The molecule has 12 heavy (non-hydrogen) atoms. The summed E-state index contributed by atoms with van der Waals surface area (Å²) in [4.78, 5) is 7.62. The van der Waals surface area contributed by atoms with Gasteiger partial charge in [-0.05, 0) is 0 Å². The van der Waals surface area contributed by atoms with Gasteiger partial charge in [-0.1, -0.05) is 5.21 Å². The first-order chi connectivity index (χ1) is 5.68. The standard InChI is InChI=1S/C4H4IN7/c5-12-1-2(6)8-4(7)9-3(1)10-11-12/h(H4,6,7,8,9). The van der Waals surface area contributed by atoms with Crippen LogP contribution in [-0.4, -0.2) is 23.2 Å². The number of nitrogens with two attached hydrogens (primary N) is 2. The van der Waals surface area contributed by atoms with Gasteiger partial charge in [0.1, 0.15) is 0 Å². The van der Waals surface area contributed by atoms with Crippen LogP contribution < -0.4 is 11.5 Å². The van der Waals surface area contributed by atoms with Crippen LogP contribution in [0.3, 0.4) is 0 Å². The van der Waals surface area contributed by atoms with Gasteiger partial charge in [-0.3, -0.25) is 0 Å². The monoisotopic (exact) mass is 277 g/mol. The quantitative estimate of drug-likeness (QED) is 0.633. The lowest BCUT2D eigenvalue weighted by atomic mass is 10.5. The molecule has 4 N–H and O–H groups in total. The predicted molar refractivity (Wildman–Crippen MR) is 51.4 cm³/mol. The van der Waals surface area contributed by atoms with Gasteiger partial charge in [-0.2, -0.15) is 12.9 Å². The number of halogens is 1. The Bertz CT molecular complexity index is 434. The zero-order chi connectivity index (χ0) is 8.72. The minimum atomic E-state index is 0.108. The number of nitrogen functional groups attached to an aromatic ring is 2. The zero-order valence-electron chi connectivity index (χ0n) is 5.77. The van der Waals surface area contributed by atoms with Gasteiger partial charge in [0.2, 0.25) is 11.6 Å². The normalized spacial score (nSPS) is 10.8. The van der Waals surface area contributed by atoms with Crippen LogP contribution in [0.1, 0.15) is 0 Å². The maximum Gasteiger partial charge on any atom is 0.224 e. The molecule has 0 saturated heterocycles. The maximum atomic E-state index is 5.57. The minimum Gasteiger partial charge on any atom is -0.382 e. The van der Waals surface area contributed by atoms with Crippen LogP contribution in [0.25, 0.3) is 11.2 Å². The number of fused-ring (bicyclic) bond motifs is 1. The van der Waals surface area contributed by atoms with Crippen molar-refractivity contribution in [1.82, 2.24) is 23.2 Å². The van der Waals surface area contributed by atoms with E-state index in [1.807, 2.05) is 22.9 Å². The molecule has 2 heterocycles. The highest BCUT2D eigenvalue weighted by Crippen LogP contribution is 2.17. The van der Waals surface area contributed by atoms with Crippen LogP contribution in [0, 0.1) is 0 Å². The predicted octanol–water partition coefficient (Wildman–Crippen LogP) is -0.416. The lowest BCUT2D eigenvalue weighted by Gasteiger charge is -1.95. The largest absolute Gasteiger partial charge is 0.382 e. The highest BCUT2D eigenvalue weighted by molar-refractivity contribution is 14.1. The Morgan fingerprint density at radius 3 is 2.75 bits per heavy atom. The molecule has 8 heteroatoms. The molecular weight excluding hydrogens is 273 g/mol. The van der Waals surface area contributed by atoms with Crippen LogP contribution in [0.2, 0.25) is 0 Å². The van der Waals surface area contributed by atoms with Crippen LogP contribution in [0.4, 0.5) is 11.8 Å². The fourth-order valence-electron chi connectivity index (χ4n) is 0.850. The number of nitrogens with zero attached hydrogens (tertiary/aromatic N) is 5.